The Labute approximate surface area is 67.2 Å². The first kappa shape index (κ1) is 8.02. The zero-order valence-electron chi connectivity index (χ0n) is 6.02. The van der Waals surface area contributed by atoms with Gasteiger partial charge in [-0.3, -0.25) is 0 Å². The Morgan fingerprint density at radius 1 is 1.44 bits per heavy atom. The summed E-state index contributed by atoms with van der Waals surface area (Å²) in [7, 11) is 4.21. The van der Waals surface area contributed by atoms with Gasteiger partial charge in [-0.1, -0.05) is 34.7 Å². The summed E-state index contributed by atoms with van der Waals surface area (Å²) < 4.78 is 0. The molecular formula is C6H13S2Si. The molecule has 0 nitrogen and oxygen atoms in total. The number of hydrogen-bond donors (Lipinski definition) is 0. The summed E-state index contributed by atoms with van der Waals surface area (Å²) >= 11 is 0. The average Bonchev–Trinajstić information content (AvgIpc) is 1.90. The number of rotatable bonds is 1. The van der Waals surface area contributed by atoms with Crippen LogP contribution in [0.25, 0.3) is 0 Å². The standard InChI is InChI=1S/C6H13S2Si/c1-9(2)6-4-3-5-7-8-6/h6H,3-5H2,1-2H3. The van der Waals surface area contributed by atoms with Crippen LogP contribution in [-0.2, 0) is 0 Å². The third kappa shape index (κ3) is 2.56. The minimum absolute atomic E-state index is 0.00687. The predicted octanol–water partition coefficient (Wildman–Crippen LogP) is 2.82. The van der Waals surface area contributed by atoms with Gasteiger partial charge in [-0.15, -0.1) is 0 Å². The van der Waals surface area contributed by atoms with Crippen molar-refractivity contribution in [1.29, 1.82) is 0 Å². The Balaban J connectivity index is 2.23. The van der Waals surface area contributed by atoms with Gasteiger partial charge in [0, 0.05) is 10.6 Å². The largest absolute Gasteiger partial charge is 0.0942 e. The second-order valence-corrected chi connectivity index (χ2v) is 8.59. The van der Waals surface area contributed by atoms with Crippen molar-refractivity contribution in [3.05, 3.63) is 0 Å². The van der Waals surface area contributed by atoms with Crippen LogP contribution in [0.1, 0.15) is 12.8 Å². The average molecular weight is 177 g/mol. The van der Waals surface area contributed by atoms with E-state index in [1.54, 1.807) is 0 Å². The van der Waals surface area contributed by atoms with Crippen LogP contribution in [0.5, 0.6) is 0 Å². The normalized spacial score (nSPS) is 29.0. The summed E-state index contributed by atoms with van der Waals surface area (Å²) in [5.74, 6) is 1.39. The van der Waals surface area contributed by atoms with Gasteiger partial charge in [-0.2, -0.15) is 0 Å². The van der Waals surface area contributed by atoms with Crippen molar-refractivity contribution in [3.8, 4) is 0 Å². The Morgan fingerprint density at radius 3 is 2.56 bits per heavy atom. The minimum atomic E-state index is 0.00687. The van der Waals surface area contributed by atoms with E-state index in [0.717, 1.165) is 4.87 Å². The lowest BCUT2D eigenvalue weighted by atomic mass is 10.4. The Hall–Kier alpha value is 0.917. The topological polar surface area (TPSA) is 0 Å². The van der Waals surface area contributed by atoms with Crippen LogP contribution in [0.3, 0.4) is 0 Å². The van der Waals surface area contributed by atoms with E-state index < -0.39 is 0 Å². The molecule has 0 bridgehead atoms. The van der Waals surface area contributed by atoms with Crippen molar-refractivity contribution in [2.24, 2.45) is 0 Å². The van der Waals surface area contributed by atoms with Gasteiger partial charge < -0.3 is 0 Å². The fraction of sp³-hybridized carbons (Fsp3) is 1.00. The van der Waals surface area contributed by atoms with Crippen molar-refractivity contribution in [2.75, 3.05) is 5.75 Å². The molecule has 1 atom stereocenters. The second-order valence-electron chi connectivity index (χ2n) is 2.63. The summed E-state index contributed by atoms with van der Waals surface area (Å²) in [5.41, 5.74) is 0. The highest BCUT2D eigenvalue weighted by molar-refractivity contribution is 8.77. The highest BCUT2D eigenvalue weighted by Gasteiger charge is 2.18. The molecule has 1 saturated heterocycles. The fourth-order valence-electron chi connectivity index (χ4n) is 0.891. The summed E-state index contributed by atoms with van der Waals surface area (Å²) in [6, 6.07) is 0. The van der Waals surface area contributed by atoms with E-state index in [9.17, 15) is 0 Å². The smallest absolute Gasteiger partial charge is 0.0582 e. The monoisotopic (exact) mass is 177 g/mol. The van der Waals surface area contributed by atoms with E-state index in [4.69, 9.17) is 0 Å². The van der Waals surface area contributed by atoms with Gasteiger partial charge in [0.05, 0.1) is 8.80 Å². The number of hydrogen-bond acceptors (Lipinski definition) is 2. The van der Waals surface area contributed by atoms with Crippen LogP contribution >= 0.6 is 21.6 Å². The SMILES string of the molecule is C[Si](C)C1CCCSS1. The maximum atomic E-state index is 2.42. The first-order valence-corrected chi connectivity index (χ1v) is 8.35. The summed E-state index contributed by atoms with van der Waals surface area (Å²) in [6.07, 6.45) is 2.94. The van der Waals surface area contributed by atoms with Gasteiger partial charge in [0.2, 0.25) is 0 Å². The fourth-order valence-corrected chi connectivity index (χ4v) is 7.02. The van der Waals surface area contributed by atoms with Gasteiger partial charge in [0.25, 0.3) is 0 Å². The van der Waals surface area contributed by atoms with Gasteiger partial charge in [-0.25, -0.2) is 0 Å². The maximum Gasteiger partial charge on any atom is 0.0582 e. The van der Waals surface area contributed by atoms with E-state index in [2.05, 4.69) is 34.7 Å². The van der Waals surface area contributed by atoms with Gasteiger partial charge >= 0.3 is 0 Å². The Kier molecular flexibility index (Phi) is 3.51. The van der Waals surface area contributed by atoms with Crippen LogP contribution in [-0.4, -0.2) is 19.4 Å². The van der Waals surface area contributed by atoms with Crippen LogP contribution in [0.4, 0.5) is 0 Å². The van der Waals surface area contributed by atoms with Crippen molar-refractivity contribution >= 4 is 30.4 Å². The van der Waals surface area contributed by atoms with Crippen molar-refractivity contribution < 1.29 is 0 Å². The molecule has 0 aromatic heterocycles. The molecule has 3 heteroatoms. The van der Waals surface area contributed by atoms with Crippen LogP contribution in [0.2, 0.25) is 13.1 Å². The molecule has 0 N–H and O–H groups in total. The molecule has 0 amide bonds. The molecule has 1 aliphatic heterocycles. The molecule has 1 fully saturated rings. The van der Waals surface area contributed by atoms with E-state index in [-0.39, 0.29) is 8.80 Å². The van der Waals surface area contributed by atoms with Gasteiger partial charge in [0.1, 0.15) is 0 Å². The first-order valence-electron chi connectivity index (χ1n) is 3.39. The molecular weight excluding hydrogens is 164 g/mol. The summed E-state index contributed by atoms with van der Waals surface area (Å²) in [5, 5.41) is 0. The van der Waals surface area contributed by atoms with E-state index in [0.29, 0.717) is 0 Å². The van der Waals surface area contributed by atoms with E-state index >= 15 is 0 Å². The molecule has 1 aliphatic rings. The van der Waals surface area contributed by atoms with Crippen molar-refractivity contribution in [2.45, 2.75) is 30.8 Å². The predicted molar refractivity (Wildman–Crippen MR) is 50.6 cm³/mol. The Morgan fingerprint density at radius 2 is 2.22 bits per heavy atom. The van der Waals surface area contributed by atoms with Crippen LogP contribution in [0, 0.1) is 0 Å². The molecule has 9 heavy (non-hydrogen) atoms. The molecule has 53 valence electrons. The van der Waals surface area contributed by atoms with Gasteiger partial charge in [0.15, 0.2) is 0 Å². The third-order valence-corrected chi connectivity index (χ3v) is 8.04. The van der Waals surface area contributed by atoms with Crippen molar-refractivity contribution in [1.82, 2.24) is 0 Å². The molecule has 0 aliphatic carbocycles. The lowest BCUT2D eigenvalue weighted by Crippen LogP contribution is -2.22. The zero-order chi connectivity index (χ0) is 6.69. The second kappa shape index (κ2) is 3.94. The summed E-state index contributed by atoms with van der Waals surface area (Å²) in [4.78, 5) is 1.04. The Bertz CT molecular complexity index is 79.1. The molecule has 1 rings (SSSR count). The minimum Gasteiger partial charge on any atom is -0.0942 e. The van der Waals surface area contributed by atoms with E-state index in [1.165, 1.54) is 18.6 Å². The van der Waals surface area contributed by atoms with Crippen LogP contribution < -0.4 is 0 Å². The molecule has 1 heterocycles. The molecule has 1 unspecified atom stereocenters. The molecule has 0 saturated carbocycles. The van der Waals surface area contributed by atoms with E-state index in [1.807, 2.05) is 0 Å². The molecule has 0 spiro atoms. The van der Waals surface area contributed by atoms with Gasteiger partial charge in [-0.05, 0) is 12.8 Å². The first-order chi connectivity index (χ1) is 4.30. The van der Waals surface area contributed by atoms with Crippen LogP contribution in [0.15, 0.2) is 0 Å². The highest BCUT2D eigenvalue weighted by Crippen LogP contribution is 2.36. The van der Waals surface area contributed by atoms with Crippen molar-refractivity contribution in [3.63, 3.8) is 0 Å². The molecule has 1 radical (unpaired) electrons. The molecule has 0 aromatic carbocycles. The molecule has 0 aromatic rings. The maximum absolute atomic E-state index is 2.42. The summed E-state index contributed by atoms with van der Waals surface area (Å²) in [6.45, 7) is 4.85. The third-order valence-electron chi connectivity index (χ3n) is 1.52. The quantitative estimate of drug-likeness (QED) is 0.446. The lowest BCUT2D eigenvalue weighted by molar-refractivity contribution is 0.862. The highest BCUT2D eigenvalue weighted by atomic mass is 33.1. The zero-order valence-corrected chi connectivity index (χ0v) is 8.65. The lowest BCUT2D eigenvalue weighted by Gasteiger charge is -2.22.